The number of carboxylic acids is 2. The van der Waals surface area contributed by atoms with Gasteiger partial charge in [0.1, 0.15) is 11.6 Å². The van der Waals surface area contributed by atoms with Gasteiger partial charge in [0, 0.05) is 37.6 Å². The van der Waals surface area contributed by atoms with E-state index in [1.807, 2.05) is 0 Å². The summed E-state index contributed by atoms with van der Waals surface area (Å²) in [5.74, 6) is -2.93. The molecule has 0 aliphatic rings. The Morgan fingerprint density at radius 3 is 1.00 bits per heavy atom. The predicted molar refractivity (Wildman–Crippen MR) is 114 cm³/mol. The first kappa shape index (κ1) is 34.4. The number of carbonyl (C=O) groups is 4. The molecule has 0 spiro atoms. The van der Waals surface area contributed by atoms with Gasteiger partial charge in [0.05, 0.1) is 0 Å². The Bertz CT molecular complexity index is 423. The number of carboxylic acid groups (broad SMARTS) is 2. The van der Waals surface area contributed by atoms with Crippen molar-refractivity contribution >= 4 is 23.5 Å². The van der Waals surface area contributed by atoms with Gasteiger partial charge in [-0.15, -0.1) is 0 Å². The molecule has 0 amide bonds. The standard InChI is InChI=1S/2C12H22O3.Cu/c2*1-2-3-4-5-6-7-8-9-11(13)10-12(14)15;/h2*2-10H2,1H3,(H,14,15);/q;;+2/p-2. The van der Waals surface area contributed by atoms with Gasteiger partial charge in [-0.3, -0.25) is 9.59 Å². The van der Waals surface area contributed by atoms with E-state index >= 15 is 0 Å². The summed E-state index contributed by atoms with van der Waals surface area (Å²) in [7, 11) is 0. The van der Waals surface area contributed by atoms with Crippen molar-refractivity contribution in [3.05, 3.63) is 0 Å². The Kier molecular flexibility index (Phi) is 29.8. The molecule has 0 atom stereocenters. The fraction of sp³-hybridized carbons (Fsp3) is 0.833. The van der Waals surface area contributed by atoms with Crippen LogP contribution in [0.15, 0.2) is 0 Å². The minimum atomic E-state index is -1.26. The largest absolute Gasteiger partial charge is 2.00 e. The molecule has 31 heavy (non-hydrogen) atoms. The summed E-state index contributed by atoms with van der Waals surface area (Å²) in [4.78, 5) is 42.1. The molecule has 0 unspecified atom stereocenters. The van der Waals surface area contributed by atoms with Crippen molar-refractivity contribution < 1.29 is 46.5 Å². The van der Waals surface area contributed by atoms with Crippen molar-refractivity contribution in [3.63, 3.8) is 0 Å². The first-order valence-electron chi connectivity index (χ1n) is 11.8. The fourth-order valence-electron chi connectivity index (χ4n) is 3.06. The van der Waals surface area contributed by atoms with E-state index in [0.29, 0.717) is 12.8 Å². The van der Waals surface area contributed by atoms with Crippen LogP contribution in [0.5, 0.6) is 0 Å². The second-order valence-corrected chi connectivity index (χ2v) is 7.92. The van der Waals surface area contributed by atoms with Crippen molar-refractivity contribution in [2.75, 3.05) is 0 Å². The average Bonchev–Trinajstić information content (AvgIpc) is 2.66. The van der Waals surface area contributed by atoms with Crippen molar-refractivity contribution in [2.45, 2.75) is 129 Å². The number of aliphatic carboxylic acids is 2. The fourth-order valence-corrected chi connectivity index (χ4v) is 3.06. The zero-order valence-corrected chi connectivity index (χ0v) is 20.4. The van der Waals surface area contributed by atoms with Gasteiger partial charge in [0.15, 0.2) is 0 Å². The van der Waals surface area contributed by atoms with Gasteiger partial charge in [-0.1, -0.05) is 90.9 Å². The molecule has 0 fully saturated rings. The van der Waals surface area contributed by atoms with E-state index in [9.17, 15) is 29.4 Å². The molecule has 0 N–H and O–H groups in total. The Morgan fingerprint density at radius 2 is 0.742 bits per heavy atom. The van der Waals surface area contributed by atoms with Gasteiger partial charge in [-0.2, -0.15) is 0 Å². The van der Waals surface area contributed by atoms with E-state index in [-0.39, 0.29) is 28.6 Å². The van der Waals surface area contributed by atoms with Crippen molar-refractivity contribution in [2.24, 2.45) is 0 Å². The number of carbonyl (C=O) groups excluding carboxylic acids is 4. The SMILES string of the molecule is CCCCCCCCCC(=O)CC(=O)[O-].CCCCCCCCCC(=O)CC(=O)[O-].[Cu+2]. The summed E-state index contributed by atoms with van der Waals surface area (Å²) in [6, 6.07) is 0. The third-order valence-corrected chi connectivity index (χ3v) is 4.80. The van der Waals surface area contributed by atoms with Crippen LogP contribution in [0.3, 0.4) is 0 Å². The zero-order chi connectivity index (χ0) is 23.0. The molecule has 0 aromatic rings. The van der Waals surface area contributed by atoms with Crippen molar-refractivity contribution in [1.82, 2.24) is 0 Å². The van der Waals surface area contributed by atoms with Gasteiger partial charge in [-0.05, 0) is 12.8 Å². The number of Topliss-reactive ketones (excluding diaryl/α,β-unsaturated/α-hetero) is 2. The van der Waals surface area contributed by atoms with Crippen LogP contribution in [0.2, 0.25) is 0 Å². The zero-order valence-electron chi connectivity index (χ0n) is 19.5. The number of hydrogen-bond donors (Lipinski definition) is 0. The number of unbranched alkanes of at least 4 members (excludes halogenated alkanes) is 12. The van der Waals surface area contributed by atoms with Crippen LogP contribution in [0, 0.1) is 0 Å². The molecular formula is C24H42CuO6. The second-order valence-electron chi connectivity index (χ2n) is 7.92. The van der Waals surface area contributed by atoms with E-state index in [2.05, 4.69) is 13.8 Å². The van der Waals surface area contributed by atoms with E-state index < -0.39 is 24.8 Å². The van der Waals surface area contributed by atoms with Crippen LogP contribution in [0.25, 0.3) is 0 Å². The number of rotatable bonds is 20. The monoisotopic (exact) mass is 489 g/mol. The molecule has 6 nitrogen and oxygen atoms in total. The minimum absolute atomic E-state index is 0. The van der Waals surface area contributed by atoms with Gasteiger partial charge in [0.25, 0.3) is 0 Å². The number of ketones is 2. The number of hydrogen-bond acceptors (Lipinski definition) is 6. The molecule has 0 saturated heterocycles. The van der Waals surface area contributed by atoms with Crippen LogP contribution in [0.4, 0.5) is 0 Å². The summed E-state index contributed by atoms with van der Waals surface area (Å²) >= 11 is 0. The molecule has 0 aliphatic heterocycles. The molecule has 1 radical (unpaired) electrons. The van der Waals surface area contributed by atoms with Gasteiger partial charge in [0.2, 0.25) is 0 Å². The molecule has 0 aromatic heterocycles. The predicted octanol–water partition coefficient (Wildman–Crippen LogP) is 3.67. The van der Waals surface area contributed by atoms with Crippen LogP contribution in [0.1, 0.15) is 129 Å². The van der Waals surface area contributed by atoms with Crippen LogP contribution in [-0.4, -0.2) is 23.5 Å². The van der Waals surface area contributed by atoms with Crippen molar-refractivity contribution in [3.8, 4) is 0 Å². The maximum absolute atomic E-state index is 11.0. The smallest absolute Gasteiger partial charge is 0.550 e. The summed E-state index contributed by atoms with van der Waals surface area (Å²) in [5.41, 5.74) is 0. The summed E-state index contributed by atoms with van der Waals surface area (Å²) in [6.07, 6.45) is 16.0. The van der Waals surface area contributed by atoms with Crippen molar-refractivity contribution in [1.29, 1.82) is 0 Å². The van der Waals surface area contributed by atoms with Crippen LogP contribution < -0.4 is 10.2 Å². The van der Waals surface area contributed by atoms with Crippen LogP contribution >= 0.6 is 0 Å². The third-order valence-electron chi connectivity index (χ3n) is 4.80. The Balaban J connectivity index is -0.000000490. The summed E-state index contributed by atoms with van der Waals surface area (Å²) in [6.45, 7) is 4.36. The average molecular weight is 490 g/mol. The molecule has 0 saturated carbocycles. The van der Waals surface area contributed by atoms with E-state index in [1.165, 1.54) is 51.4 Å². The topological polar surface area (TPSA) is 114 Å². The van der Waals surface area contributed by atoms with Gasteiger partial charge in [-0.25, -0.2) is 0 Å². The molecule has 0 bridgehead atoms. The first-order chi connectivity index (χ1) is 14.3. The van der Waals surface area contributed by atoms with E-state index in [4.69, 9.17) is 0 Å². The molecule has 0 heterocycles. The van der Waals surface area contributed by atoms with Crippen LogP contribution in [-0.2, 0) is 36.2 Å². The first-order valence-corrected chi connectivity index (χ1v) is 11.8. The maximum atomic E-state index is 11.0. The Morgan fingerprint density at radius 1 is 0.484 bits per heavy atom. The third kappa shape index (κ3) is 33.6. The molecule has 185 valence electrons. The second kappa shape index (κ2) is 26.8. The Hall–Kier alpha value is -1.20. The summed E-state index contributed by atoms with van der Waals surface area (Å²) in [5, 5.41) is 20.2. The van der Waals surface area contributed by atoms with E-state index in [0.717, 1.165) is 38.5 Å². The quantitative estimate of drug-likeness (QED) is 0.146. The van der Waals surface area contributed by atoms with Gasteiger partial charge < -0.3 is 19.8 Å². The molecule has 7 heteroatoms. The summed E-state index contributed by atoms with van der Waals surface area (Å²) < 4.78 is 0. The normalized spacial score (nSPS) is 9.87. The molecule has 0 rings (SSSR count). The molecule has 0 aliphatic carbocycles. The molecule has 0 aromatic carbocycles. The van der Waals surface area contributed by atoms with Gasteiger partial charge >= 0.3 is 17.1 Å². The maximum Gasteiger partial charge on any atom is 2.00 e. The minimum Gasteiger partial charge on any atom is -0.550 e. The molecular weight excluding hydrogens is 448 g/mol. The Labute approximate surface area is 199 Å². The van der Waals surface area contributed by atoms with E-state index in [1.54, 1.807) is 0 Å².